The largest absolute Gasteiger partial charge is 0.493 e. The number of alkyl carbamates (subject to hydrolysis) is 1. The normalized spacial score (nSPS) is 26.8. The molecule has 17 nitrogen and oxygen atoms in total. The second-order valence-electron chi connectivity index (χ2n) is 22.0. The maximum atomic E-state index is 15.1. The van der Waals surface area contributed by atoms with Crippen LogP contribution in [0.15, 0.2) is 42.5 Å². The highest BCUT2D eigenvalue weighted by molar-refractivity contribution is 7.91. The summed E-state index contributed by atoms with van der Waals surface area (Å²) in [5.41, 5.74) is -5.12. The zero-order chi connectivity index (χ0) is 52.0. The summed E-state index contributed by atoms with van der Waals surface area (Å²) in [5, 5.41) is 5.83. The van der Waals surface area contributed by atoms with E-state index >= 15 is 13.2 Å². The van der Waals surface area contributed by atoms with Crippen LogP contribution < -0.4 is 24.8 Å². The lowest BCUT2D eigenvalue weighted by Crippen LogP contribution is -2.67. The second kappa shape index (κ2) is 20.0. The Bertz CT molecular complexity index is 2620. The lowest BCUT2D eigenvalue weighted by molar-refractivity contribution is -0.144. The van der Waals surface area contributed by atoms with E-state index in [1.807, 2.05) is 40.7 Å². The number of hydrogen-bond donors (Lipinski definition) is 3. The Morgan fingerprint density at radius 3 is 2.40 bits per heavy atom. The minimum absolute atomic E-state index is 0.0160. The van der Waals surface area contributed by atoms with E-state index < -0.39 is 90.9 Å². The number of carbonyl (C=O) groups excluding carboxylic acids is 5. The molecule has 1 aromatic carbocycles. The van der Waals surface area contributed by atoms with Gasteiger partial charge >= 0.3 is 18.4 Å². The molecule has 5 amide bonds. The highest BCUT2D eigenvalue weighted by Crippen LogP contribution is 2.49. The summed E-state index contributed by atoms with van der Waals surface area (Å²) < 4.78 is 96.9. The van der Waals surface area contributed by atoms with E-state index in [-0.39, 0.29) is 67.8 Å². The average Bonchev–Trinajstić information content (AvgIpc) is 3.97. The number of piperidine rings is 1. The van der Waals surface area contributed by atoms with Gasteiger partial charge in [0.2, 0.25) is 21.8 Å². The Morgan fingerprint density at radius 2 is 1.75 bits per heavy atom. The van der Waals surface area contributed by atoms with Crippen molar-refractivity contribution in [2.45, 2.75) is 158 Å². The van der Waals surface area contributed by atoms with Crippen LogP contribution in [0, 0.1) is 17.8 Å². The number of alkyl halides is 3. The van der Waals surface area contributed by atoms with Crippen LogP contribution in [0.25, 0.3) is 10.9 Å². The van der Waals surface area contributed by atoms with Gasteiger partial charge in [0.15, 0.2) is 11.4 Å². The molecule has 0 radical (unpaired) electrons. The number of carbonyl (C=O) groups is 5. The standard InChI is InChI=1S/C51H67F3N6O11S/c1-31(2)28-69-45(64)56-38-13-11-9-7-8-10-12-33-16-21-50(33,44(63)58-72(66,67)48(6)22-23-48)57-42(61)39-27-49(30-60(39)43(38)62)20-17-35-36-26-34(14-15-37(36)55-41(40(35)70-49)51(52,53)54)68-29-32-18-24-59(25-19-32)46(65)71-47(3,4)5/h10,12,14-16,21,26,31-33,38-39H,7-9,11,13,17-20,22-25,27-30H2,1-6H3,(H,56,64)(H,57,61)(H,58,63). The van der Waals surface area contributed by atoms with E-state index in [1.165, 1.54) is 24.0 Å². The molecule has 72 heavy (non-hydrogen) atoms. The lowest BCUT2D eigenvalue weighted by Gasteiger charge is -2.42. The number of ether oxygens (including phenoxy) is 4. The Morgan fingerprint density at radius 1 is 1.01 bits per heavy atom. The molecule has 8 rings (SSSR count). The van der Waals surface area contributed by atoms with Crippen LogP contribution in [0.3, 0.4) is 0 Å². The van der Waals surface area contributed by atoms with Crippen LogP contribution in [-0.2, 0) is 46.5 Å². The van der Waals surface area contributed by atoms with Gasteiger partial charge in [-0.25, -0.2) is 23.0 Å². The number of fused-ring (bicyclic) bond motifs is 5. The number of halogens is 3. The minimum Gasteiger partial charge on any atom is -0.493 e. The van der Waals surface area contributed by atoms with Crippen LogP contribution in [0.2, 0.25) is 0 Å². The number of rotatable bonds is 9. The Kier molecular flexibility index (Phi) is 14.7. The number of aryl methyl sites for hydroxylation is 1. The monoisotopic (exact) mass is 1030 g/mol. The predicted octanol–water partition coefficient (Wildman–Crippen LogP) is 7.25. The summed E-state index contributed by atoms with van der Waals surface area (Å²) in [6.07, 6.45) is 4.66. The molecule has 1 saturated carbocycles. The summed E-state index contributed by atoms with van der Waals surface area (Å²) in [7, 11) is -4.17. The first kappa shape index (κ1) is 52.7. The number of pyridine rings is 1. The fraction of sp³-hybridized carbons (Fsp3) is 0.647. The van der Waals surface area contributed by atoms with E-state index in [2.05, 4.69) is 20.3 Å². The van der Waals surface area contributed by atoms with Gasteiger partial charge in [0, 0.05) is 36.4 Å². The van der Waals surface area contributed by atoms with E-state index in [9.17, 15) is 32.4 Å². The molecule has 3 N–H and O–H groups in total. The molecule has 1 spiro atoms. The van der Waals surface area contributed by atoms with Gasteiger partial charge < -0.3 is 39.4 Å². The topological polar surface area (TPSA) is 212 Å². The van der Waals surface area contributed by atoms with Gasteiger partial charge in [0.25, 0.3) is 5.91 Å². The van der Waals surface area contributed by atoms with Crippen molar-refractivity contribution < 1.29 is 64.5 Å². The number of nitrogens with zero attached hydrogens (tertiary/aromatic N) is 3. The molecule has 0 bridgehead atoms. The number of benzene rings is 1. The molecule has 2 aliphatic carbocycles. The smallest absolute Gasteiger partial charge is 0.437 e. The number of sulfonamides is 1. The predicted molar refractivity (Wildman–Crippen MR) is 258 cm³/mol. The molecule has 5 atom stereocenters. The molecule has 21 heteroatoms. The van der Waals surface area contributed by atoms with Crippen molar-refractivity contribution in [3.05, 3.63) is 53.8 Å². The Balaban J connectivity index is 1.10. The molecule has 5 unspecified atom stereocenters. The van der Waals surface area contributed by atoms with Gasteiger partial charge in [0.05, 0.1) is 30.0 Å². The number of hydrogen-bond acceptors (Lipinski definition) is 12. The third kappa shape index (κ3) is 11.3. The Hall–Kier alpha value is -5.60. The van der Waals surface area contributed by atoms with Crippen LogP contribution in [-0.4, -0.2) is 120 Å². The third-order valence-corrected chi connectivity index (χ3v) is 16.8. The van der Waals surface area contributed by atoms with Crippen molar-refractivity contribution in [1.82, 2.24) is 30.1 Å². The third-order valence-electron chi connectivity index (χ3n) is 14.6. The van der Waals surface area contributed by atoms with Crippen LogP contribution in [0.5, 0.6) is 11.5 Å². The summed E-state index contributed by atoms with van der Waals surface area (Å²) in [6, 6.07) is 1.99. The van der Waals surface area contributed by atoms with Crippen LogP contribution >= 0.6 is 0 Å². The van der Waals surface area contributed by atoms with Gasteiger partial charge in [-0.15, -0.1) is 0 Å². The highest BCUT2D eigenvalue weighted by atomic mass is 32.2. The Labute approximate surface area is 418 Å². The van der Waals surface area contributed by atoms with Gasteiger partial charge in [-0.05, 0) is 116 Å². The number of aromatic nitrogens is 1. The summed E-state index contributed by atoms with van der Waals surface area (Å²) in [5.74, 6) is -3.41. The quantitative estimate of drug-likeness (QED) is 0.212. The van der Waals surface area contributed by atoms with Gasteiger partial charge in [0.1, 0.15) is 34.6 Å². The maximum Gasteiger partial charge on any atom is 0.437 e. The molecule has 5 heterocycles. The van der Waals surface area contributed by atoms with Gasteiger partial charge in [-0.2, -0.15) is 13.2 Å². The fourth-order valence-corrected chi connectivity index (χ4v) is 11.3. The van der Waals surface area contributed by atoms with Crippen LogP contribution in [0.1, 0.15) is 123 Å². The first-order valence-corrected chi connectivity index (χ1v) is 26.6. The molecular weight excluding hydrogens is 962 g/mol. The summed E-state index contributed by atoms with van der Waals surface area (Å²) >= 11 is 0. The van der Waals surface area contributed by atoms with Crippen molar-refractivity contribution in [3.63, 3.8) is 0 Å². The van der Waals surface area contributed by atoms with Crippen molar-refractivity contribution in [2.75, 3.05) is 32.8 Å². The zero-order valence-corrected chi connectivity index (χ0v) is 42.6. The highest BCUT2D eigenvalue weighted by Gasteiger charge is 2.59. The van der Waals surface area contributed by atoms with Crippen molar-refractivity contribution in [2.24, 2.45) is 17.8 Å². The molecule has 394 valence electrons. The number of likely N-dealkylation sites (tertiary alicyclic amines) is 1. The molecular formula is C51H67F3N6O11S. The SMILES string of the molecule is CC(C)COC(=O)NC1CCCCCC=CC2C=CC2(C(=O)NS(=O)(=O)C2(C)CC2)NC(=O)C2CC3(CCc4c(c(C(F)(F)F)nc5ccc(OCC6CCN(C(=O)OC(C)(C)C)CC6)cc45)O3)CN2C1=O. The zero-order valence-electron chi connectivity index (χ0n) is 41.8. The molecule has 2 saturated heterocycles. The molecule has 4 aliphatic heterocycles. The summed E-state index contributed by atoms with van der Waals surface area (Å²) in [4.78, 5) is 76.9. The van der Waals surface area contributed by atoms with E-state index in [4.69, 9.17) is 18.9 Å². The van der Waals surface area contributed by atoms with Crippen LogP contribution in [0.4, 0.5) is 22.8 Å². The molecule has 3 fully saturated rings. The van der Waals surface area contributed by atoms with Gasteiger partial charge in [-0.3, -0.25) is 19.1 Å². The number of allylic oxidation sites excluding steroid dienone is 1. The first-order valence-electron chi connectivity index (χ1n) is 25.1. The van der Waals surface area contributed by atoms with Gasteiger partial charge in [-0.1, -0.05) is 51.0 Å². The average molecular weight is 1030 g/mol. The molecule has 2 aromatic rings. The molecule has 6 aliphatic rings. The summed E-state index contributed by atoms with van der Waals surface area (Å²) in [6.45, 7) is 11.6. The lowest BCUT2D eigenvalue weighted by atomic mass is 9.73. The van der Waals surface area contributed by atoms with E-state index in [1.54, 1.807) is 29.2 Å². The van der Waals surface area contributed by atoms with E-state index in [0.717, 1.165) is 0 Å². The number of nitrogens with one attached hydrogen (secondary N) is 3. The minimum atomic E-state index is -4.99. The van der Waals surface area contributed by atoms with Crippen molar-refractivity contribution in [1.29, 1.82) is 0 Å². The number of amides is 5. The molecule has 1 aromatic heterocycles. The fourth-order valence-electron chi connectivity index (χ4n) is 10.0. The van der Waals surface area contributed by atoms with Crippen molar-refractivity contribution in [3.8, 4) is 11.5 Å². The maximum absolute atomic E-state index is 15.1. The van der Waals surface area contributed by atoms with E-state index in [0.29, 0.717) is 82.2 Å². The first-order chi connectivity index (χ1) is 33.8. The van der Waals surface area contributed by atoms with Crippen molar-refractivity contribution >= 4 is 50.8 Å². The second-order valence-corrected chi connectivity index (χ2v) is 24.2.